The summed E-state index contributed by atoms with van der Waals surface area (Å²) >= 11 is 0. The number of unbranched alkanes of at least 4 members (excludes halogenated alkanes) is 51. The number of rotatable bonds is 64. The Labute approximate surface area is 469 Å². The van der Waals surface area contributed by atoms with E-state index >= 15 is 0 Å². The van der Waals surface area contributed by atoms with Crippen LogP contribution in [-0.2, 0) is 28.6 Å². The molecule has 0 bridgehead atoms. The average Bonchev–Trinajstić information content (AvgIpc) is 3.41. The first-order valence-electron chi connectivity index (χ1n) is 34.2. The number of ether oxygens (including phenoxy) is 3. The molecule has 0 aromatic heterocycles. The molecule has 0 aliphatic heterocycles. The second kappa shape index (κ2) is 64.7. The van der Waals surface area contributed by atoms with E-state index in [-0.39, 0.29) is 31.1 Å². The molecule has 0 amide bonds. The van der Waals surface area contributed by atoms with Gasteiger partial charge < -0.3 is 14.2 Å². The van der Waals surface area contributed by atoms with Gasteiger partial charge in [-0.15, -0.1) is 0 Å². The van der Waals surface area contributed by atoms with Gasteiger partial charge in [0.2, 0.25) is 0 Å². The number of esters is 3. The van der Waals surface area contributed by atoms with E-state index in [0.29, 0.717) is 19.3 Å². The molecular weight excluding hydrogens is 925 g/mol. The second-order valence-corrected chi connectivity index (χ2v) is 23.5. The minimum absolute atomic E-state index is 0.0663. The molecule has 0 saturated carbocycles. The van der Waals surface area contributed by atoms with Crippen LogP contribution in [0.1, 0.15) is 393 Å². The largest absolute Gasteiger partial charge is 0.462 e. The molecule has 0 aromatic carbocycles. The molecule has 75 heavy (non-hydrogen) atoms. The number of hydrogen-bond donors (Lipinski definition) is 0. The molecular formula is C69H132O6. The highest BCUT2D eigenvalue weighted by Crippen LogP contribution is 2.19. The van der Waals surface area contributed by atoms with Gasteiger partial charge in [-0.05, 0) is 44.9 Å². The van der Waals surface area contributed by atoms with Gasteiger partial charge >= 0.3 is 17.9 Å². The summed E-state index contributed by atoms with van der Waals surface area (Å²) in [6, 6.07) is 0. The third kappa shape index (κ3) is 62.9. The minimum atomic E-state index is -0.768. The van der Waals surface area contributed by atoms with E-state index in [2.05, 4.69) is 32.9 Å². The lowest BCUT2D eigenvalue weighted by molar-refractivity contribution is -0.167. The molecule has 0 aliphatic carbocycles. The fraction of sp³-hybridized carbons (Fsp3) is 0.928. The molecule has 0 radical (unpaired) electrons. The predicted molar refractivity (Wildman–Crippen MR) is 326 cm³/mol. The van der Waals surface area contributed by atoms with Crippen molar-refractivity contribution in [3.63, 3.8) is 0 Å². The van der Waals surface area contributed by atoms with Gasteiger partial charge in [-0.25, -0.2) is 0 Å². The van der Waals surface area contributed by atoms with Crippen molar-refractivity contribution in [1.29, 1.82) is 0 Å². The molecule has 0 saturated heterocycles. The topological polar surface area (TPSA) is 78.9 Å². The fourth-order valence-corrected chi connectivity index (χ4v) is 10.6. The van der Waals surface area contributed by atoms with E-state index in [9.17, 15) is 14.4 Å². The Morgan fingerprint density at radius 3 is 0.693 bits per heavy atom. The summed E-state index contributed by atoms with van der Waals surface area (Å²) in [4.78, 5) is 38.2. The lowest BCUT2D eigenvalue weighted by Crippen LogP contribution is -2.30. The second-order valence-electron chi connectivity index (χ2n) is 23.5. The fourth-order valence-electron chi connectivity index (χ4n) is 10.6. The Bertz CT molecular complexity index is 1170. The predicted octanol–water partition coefficient (Wildman–Crippen LogP) is 23.2. The Balaban J connectivity index is 4.02. The van der Waals surface area contributed by atoms with Gasteiger partial charge in [0.05, 0.1) is 0 Å². The van der Waals surface area contributed by atoms with Crippen molar-refractivity contribution >= 4 is 17.9 Å². The molecule has 0 spiro atoms. The summed E-state index contributed by atoms with van der Waals surface area (Å²) in [5.41, 5.74) is 0. The maximum Gasteiger partial charge on any atom is 0.306 e. The molecule has 1 unspecified atom stereocenters. The zero-order chi connectivity index (χ0) is 54.3. The van der Waals surface area contributed by atoms with E-state index in [1.807, 2.05) is 0 Å². The van der Waals surface area contributed by atoms with Crippen LogP contribution < -0.4 is 0 Å². The SMILES string of the molecule is CCCCC/C=C\CCCCCCCC(=O)OCC(COC(=O)CCCCCCCCCCCCCCCCCCCCCCCCCCCCCCCCCC)OC(=O)CCCCCCCCCCCCCCC. The van der Waals surface area contributed by atoms with E-state index in [0.717, 1.165) is 64.2 Å². The van der Waals surface area contributed by atoms with Gasteiger partial charge in [0.25, 0.3) is 0 Å². The number of carbonyl (C=O) groups excluding carboxylic acids is 3. The Morgan fingerprint density at radius 1 is 0.253 bits per heavy atom. The molecule has 0 heterocycles. The van der Waals surface area contributed by atoms with E-state index in [1.165, 1.54) is 289 Å². The zero-order valence-corrected chi connectivity index (χ0v) is 51.1. The molecule has 0 aromatic rings. The molecule has 0 rings (SSSR count). The highest BCUT2D eigenvalue weighted by Gasteiger charge is 2.19. The minimum Gasteiger partial charge on any atom is -0.462 e. The van der Waals surface area contributed by atoms with Crippen molar-refractivity contribution in [2.45, 2.75) is 399 Å². The van der Waals surface area contributed by atoms with Gasteiger partial charge in [-0.1, -0.05) is 341 Å². The summed E-state index contributed by atoms with van der Waals surface area (Å²) in [7, 11) is 0. The van der Waals surface area contributed by atoms with Gasteiger partial charge in [0, 0.05) is 19.3 Å². The average molecular weight is 1060 g/mol. The monoisotopic (exact) mass is 1060 g/mol. The summed E-state index contributed by atoms with van der Waals surface area (Å²) in [5, 5.41) is 0. The van der Waals surface area contributed by atoms with Crippen molar-refractivity contribution in [1.82, 2.24) is 0 Å². The first-order valence-corrected chi connectivity index (χ1v) is 34.2. The smallest absolute Gasteiger partial charge is 0.306 e. The third-order valence-corrected chi connectivity index (χ3v) is 15.8. The van der Waals surface area contributed by atoms with Gasteiger partial charge in [0.15, 0.2) is 6.10 Å². The van der Waals surface area contributed by atoms with E-state index in [1.54, 1.807) is 0 Å². The molecule has 444 valence electrons. The maximum absolute atomic E-state index is 12.9. The normalized spacial score (nSPS) is 12.0. The lowest BCUT2D eigenvalue weighted by atomic mass is 10.0. The zero-order valence-electron chi connectivity index (χ0n) is 51.1. The first kappa shape index (κ1) is 73.2. The molecule has 1 atom stereocenters. The number of carbonyl (C=O) groups is 3. The quantitative estimate of drug-likeness (QED) is 0.0261. The van der Waals surface area contributed by atoms with Crippen LogP contribution in [0.2, 0.25) is 0 Å². The van der Waals surface area contributed by atoms with Crippen molar-refractivity contribution in [3.8, 4) is 0 Å². The molecule has 6 nitrogen and oxygen atoms in total. The van der Waals surface area contributed by atoms with Crippen LogP contribution in [0.15, 0.2) is 12.2 Å². The van der Waals surface area contributed by atoms with E-state index < -0.39 is 6.10 Å². The standard InChI is InChI=1S/C69H132O6/c1-4-7-10-13-16-19-22-25-26-27-28-29-30-31-32-33-34-35-36-37-38-39-40-41-42-43-45-47-50-53-56-59-62-68(71)74-65-66(64-73-67(70)61-58-55-52-49-46-24-21-18-15-12-9-6-3)75-69(72)63-60-57-54-51-48-44-23-20-17-14-11-8-5-2/h18,21,66H,4-17,19-20,22-65H2,1-3H3/b21-18-. The van der Waals surface area contributed by atoms with E-state index in [4.69, 9.17) is 14.2 Å². The van der Waals surface area contributed by atoms with Crippen molar-refractivity contribution in [2.75, 3.05) is 13.2 Å². The Morgan fingerprint density at radius 2 is 0.440 bits per heavy atom. The van der Waals surface area contributed by atoms with Crippen LogP contribution in [0, 0.1) is 0 Å². The molecule has 0 N–H and O–H groups in total. The highest BCUT2D eigenvalue weighted by atomic mass is 16.6. The molecule has 0 fully saturated rings. The van der Waals surface area contributed by atoms with Gasteiger partial charge in [-0.2, -0.15) is 0 Å². The van der Waals surface area contributed by atoms with Crippen LogP contribution in [0.3, 0.4) is 0 Å². The van der Waals surface area contributed by atoms with Gasteiger partial charge in [-0.3, -0.25) is 14.4 Å². The summed E-state index contributed by atoms with van der Waals surface area (Å²) in [6.45, 7) is 6.68. The van der Waals surface area contributed by atoms with Gasteiger partial charge in [0.1, 0.15) is 13.2 Å². The van der Waals surface area contributed by atoms with Crippen LogP contribution in [0.5, 0.6) is 0 Å². The number of allylic oxidation sites excluding steroid dienone is 2. The van der Waals surface area contributed by atoms with Crippen molar-refractivity contribution in [2.24, 2.45) is 0 Å². The Kier molecular flexibility index (Phi) is 63.1. The van der Waals surface area contributed by atoms with Crippen LogP contribution in [0.25, 0.3) is 0 Å². The third-order valence-electron chi connectivity index (χ3n) is 15.8. The molecule has 6 heteroatoms. The summed E-state index contributed by atoms with van der Waals surface area (Å²) in [6.07, 6.45) is 76.9. The Hall–Kier alpha value is -1.85. The molecule has 0 aliphatic rings. The summed E-state index contributed by atoms with van der Waals surface area (Å²) < 4.78 is 16.9. The lowest BCUT2D eigenvalue weighted by Gasteiger charge is -2.18. The number of hydrogen-bond acceptors (Lipinski definition) is 6. The highest BCUT2D eigenvalue weighted by molar-refractivity contribution is 5.71. The maximum atomic E-state index is 12.9. The van der Waals surface area contributed by atoms with Crippen LogP contribution in [-0.4, -0.2) is 37.2 Å². The summed E-state index contributed by atoms with van der Waals surface area (Å²) in [5.74, 6) is -0.848. The van der Waals surface area contributed by atoms with Crippen LogP contribution >= 0.6 is 0 Å². The van der Waals surface area contributed by atoms with Crippen molar-refractivity contribution in [3.05, 3.63) is 12.2 Å². The van der Waals surface area contributed by atoms with Crippen molar-refractivity contribution < 1.29 is 28.6 Å². The first-order chi connectivity index (χ1) is 37.0. The van der Waals surface area contributed by atoms with Crippen LogP contribution in [0.4, 0.5) is 0 Å².